The summed E-state index contributed by atoms with van der Waals surface area (Å²) in [4.78, 5) is 29.2. The van der Waals surface area contributed by atoms with Gasteiger partial charge >= 0.3 is 0 Å². The first-order chi connectivity index (χ1) is 15.0. The Hall–Kier alpha value is -2.56. The van der Waals surface area contributed by atoms with Crippen LogP contribution in [0.25, 0.3) is 0 Å². The van der Waals surface area contributed by atoms with Crippen molar-refractivity contribution in [1.82, 2.24) is 25.3 Å². The lowest BCUT2D eigenvalue weighted by Gasteiger charge is -2.32. The minimum absolute atomic E-state index is 0.00203. The van der Waals surface area contributed by atoms with Gasteiger partial charge in [0.2, 0.25) is 10.9 Å². The summed E-state index contributed by atoms with van der Waals surface area (Å²) >= 11 is 1.21. The lowest BCUT2D eigenvalue weighted by Crippen LogP contribution is -2.45. The summed E-state index contributed by atoms with van der Waals surface area (Å²) in [5, 5.41) is 14.7. The summed E-state index contributed by atoms with van der Waals surface area (Å²) in [6.45, 7) is 6.09. The van der Waals surface area contributed by atoms with Crippen molar-refractivity contribution in [2.75, 3.05) is 58.7 Å². The first-order valence-corrected chi connectivity index (χ1v) is 11.3. The third kappa shape index (κ3) is 7.57. The molecule has 2 aromatic rings. The monoisotopic (exact) mass is 446 g/mol. The van der Waals surface area contributed by atoms with E-state index < -0.39 is 0 Å². The van der Waals surface area contributed by atoms with Crippen LogP contribution in [0.3, 0.4) is 0 Å². The number of ether oxygens (including phenoxy) is 1. The molecule has 0 spiro atoms. The number of aromatic nitrogens is 2. The number of nitrogens with one attached hydrogen (secondary N) is 2. The van der Waals surface area contributed by atoms with Crippen LogP contribution < -0.4 is 15.4 Å². The summed E-state index contributed by atoms with van der Waals surface area (Å²) in [6.07, 6.45) is 1.75. The summed E-state index contributed by atoms with van der Waals surface area (Å²) < 4.78 is 5.10. The van der Waals surface area contributed by atoms with Gasteiger partial charge in [0.05, 0.1) is 7.11 Å². The second-order valence-corrected chi connectivity index (χ2v) is 8.59. The van der Waals surface area contributed by atoms with Gasteiger partial charge in [-0.3, -0.25) is 9.59 Å². The molecule has 0 unspecified atom stereocenters. The van der Waals surface area contributed by atoms with E-state index in [0.29, 0.717) is 35.8 Å². The maximum atomic E-state index is 12.3. The quantitative estimate of drug-likeness (QED) is 0.533. The fraction of sp³-hybridized carbons (Fsp3) is 0.524. The van der Waals surface area contributed by atoms with Crippen LogP contribution in [0.1, 0.15) is 27.7 Å². The van der Waals surface area contributed by atoms with Crippen molar-refractivity contribution in [1.29, 1.82) is 0 Å². The predicted molar refractivity (Wildman–Crippen MR) is 121 cm³/mol. The summed E-state index contributed by atoms with van der Waals surface area (Å²) in [5.74, 6) is 0.397. The molecule has 0 bridgehead atoms. The molecule has 31 heavy (non-hydrogen) atoms. The molecule has 1 aromatic carbocycles. The van der Waals surface area contributed by atoms with E-state index in [1.165, 1.54) is 11.3 Å². The molecule has 10 heteroatoms. The van der Waals surface area contributed by atoms with Crippen molar-refractivity contribution in [3.8, 4) is 5.75 Å². The van der Waals surface area contributed by atoms with Crippen LogP contribution in [0.2, 0.25) is 0 Å². The average molecular weight is 447 g/mol. The normalized spacial score (nSPS) is 14.9. The number of methoxy groups -OCH3 is 1. The molecule has 2 N–H and O–H groups in total. The largest absolute Gasteiger partial charge is 0.497 e. The van der Waals surface area contributed by atoms with Gasteiger partial charge in [-0.25, -0.2) is 0 Å². The minimum atomic E-state index is -0.317. The molecule has 0 aliphatic carbocycles. The van der Waals surface area contributed by atoms with Crippen LogP contribution in [-0.2, 0) is 11.2 Å². The Kier molecular flexibility index (Phi) is 8.74. The van der Waals surface area contributed by atoms with Crippen LogP contribution in [0.4, 0.5) is 5.69 Å². The van der Waals surface area contributed by atoms with Crippen molar-refractivity contribution < 1.29 is 14.3 Å². The summed E-state index contributed by atoms with van der Waals surface area (Å²) in [7, 11) is 3.73. The molecule has 168 valence electrons. The van der Waals surface area contributed by atoms with Crippen molar-refractivity contribution in [2.45, 2.75) is 19.3 Å². The number of rotatable bonds is 10. The number of nitrogens with zero attached hydrogens (tertiary/aromatic N) is 4. The second-order valence-electron chi connectivity index (χ2n) is 7.53. The van der Waals surface area contributed by atoms with Gasteiger partial charge in [0, 0.05) is 51.3 Å². The number of aryl methyl sites for hydroxylation is 1. The van der Waals surface area contributed by atoms with Gasteiger partial charge in [-0.15, -0.1) is 10.2 Å². The Morgan fingerprint density at radius 2 is 1.87 bits per heavy atom. The number of benzene rings is 1. The van der Waals surface area contributed by atoms with Crippen molar-refractivity contribution in [3.05, 3.63) is 34.3 Å². The minimum Gasteiger partial charge on any atom is -0.497 e. The van der Waals surface area contributed by atoms with E-state index in [2.05, 4.69) is 37.7 Å². The highest BCUT2D eigenvalue weighted by Crippen LogP contribution is 2.17. The van der Waals surface area contributed by atoms with Gasteiger partial charge in [0.1, 0.15) is 10.8 Å². The molecule has 9 nitrogen and oxygen atoms in total. The molecule has 1 aliphatic heterocycles. The Balaban J connectivity index is 1.33. The van der Waals surface area contributed by atoms with Gasteiger partial charge < -0.3 is 25.2 Å². The topological polar surface area (TPSA) is 99.7 Å². The van der Waals surface area contributed by atoms with E-state index >= 15 is 0 Å². The van der Waals surface area contributed by atoms with E-state index in [1.807, 2.05) is 0 Å². The van der Waals surface area contributed by atoms with Crippen LogP contribution in [0.5, 0.6) is 5.75 Å². The number of piperazine rings is 1. The molecule has 1 fully saturated rings. The fourth-order valence-electron chi connectivity index (χ4n) is 3.22. The standard InChI is InChI=1S/C21H30N6O3S/c1-26-12-14-27(15-13-26)11-3-10-22-18(28)8-9-19-24-25-21(31-19)20(29)23-16-4-6-17(30-2)7-5-16/h4-7H,3,8-15H2,1-2H3,(H,22,28)(H,23,29). The molecule has 1 saturated heterocycles. The lowest BCUT2D eigenvalue weighted by atomic mass is 10.3. The first kappa shape index (κ1) is 23.1. The highest BCUT2D eigenvalue weighted by atomic mass is 32.1. The van der Waals surface area contributed by atoms with Gasteiger partial charge in [-0.2, -0.15) is 0 Å². The number of amides is 2. The molecular formula is C21H30N6O3S. The van der Waals surface area contributed by atoms with Crippen LogP contribution in [0, 0.1) is 0 Å². The summed E-state index contributed by atoms with van der Waals surface area (Å²) in [6, 6.07) is 7.05. The SMILES string of the molecule is COc1ccc(NC(=O)c2nnc(CCC(=O)NCCCN3CCN(C)CC3)s2)cc1. The lowest BCUT2D eigenvalue weighted by molar-refractivity contribution is -0.121. The first-order valence-electron chi connectivity index (χ1n) is 10.5. The van der Waals surface area contributed by atoms with Gasteiger partial charge in [-0.1, -0.05) is 11.3 Å². The predicted octanol–water partition coefficient (Wildman–Crippen LogP) is 1.49. The molecular weight excluding hydrogens is 416 g/mol. The number of carbonyl (C=O) groups is 2. The van der Waals surface area contributed by atoms with E-state index in [9.17, 15) is 9.59 Å². The molecule has 2 heterocycles. The van der Waals surface area contributed by atoms with Crippen molar-refractivity contribution in [3.63, 3.8) is 0 Å². The van der Waals surface area contributed by atoms with E-state index in [1.54, 1.807) is 31.4 Å². The molecule has 0 radical (unpaired) electrons. The fourth-order valence-corrected chi connectivity index (χ4v) is 3.95. The van der Waals surface area contributed by atoms with Gasteiger partial charge in [-0.05, 0) is 44.3 Å². The van der Waals surface area contributed by atoms with E-state index in [0.717, 1.165) is 39.1 Å². The second kappa shape index (κ2) is 11.7. The molecule has 0 atom stereocenters. The van der Waals surface area contributed by atoms with Gasteiger partial charge in [0.25, 0.3) is 5.91 Å². The maximum absolute atomic E-state index is 12.3. The highest BCUT2D eigenvalue weighted by Gasteiger charge is 2.15. The average Bonchev–Trinajstić information content (AvgIpc) is 3.26. The molecule has 2 amide bonds. The third-order valence-electron chi connectivity index (χ3n) is 5.14. The Labute approximate surface area is 186 Å². The zero-order chi connectivity index (χ0) is 22.1. The maximum Gasteiger partial charge on any atom is 0.286 e. The van der Waals surface area contributed by atoms with E-state index in [4.69, 9.17) is 4.74 Å². The Morgan fingerprint density at radius 3 is 2.58 bits per heavy atom. The van der Waals surface area contributed by atoms with Gasteiger partial charge in [0.15, 0.2) is 0 Å². The van der Waals surface area contributed by atoms with Crippen LogP contribution in [-0.4, -0.2) is 85.2 Å². The highest BCUT2D eigenvalue weighted by molar-refractivity contribution is 7.13. The summed E-state index contributed by atoms with van der Waals surface area (Å²) in [5.41, 5.74) is 0.651. The Bertz CT molecular complexity index is 849. The van der Waals surface area contributed by atoms with Crippen LogP contribution >= 0.6 is 11.3 Å². The third-order valence-corrected chi connectivity index (χ3v) is 6.13. The number of likely N-dealkylation sites (N-methyl/N-ethyl adjacent to an activating group) is 1. The van der Waals surface area contributed by atoms with Crippen molar-refractivity contribution in [2.24, 2.45) is 0 Å². The molecule has 1 aliphatic rings. The van der Waals surface area contributed by atoms with E-state index in [-0.39, 0.29) is 16.8 Å². The number of carbonyl (C=O) groups excluding carboxylic acids is 2. The smallest absolute Gasteiger partial charge is 0.286 e. The van der Waals surface area contributed by atoms with Crippen LogP contribution in [0.15, 0.2) is 24.3 Å². The zero-order valence-electron chi connectivity index (χ0n) is 18.1. The number of anilines is 1. The van der Waals surface area contributed by atoms with Crippen molar-refractivity contribution >= 4 is 28.8 Å². The molecule has 0 saturated carbocycles. The zero-order valence-corrected chi connectivity index (χ0v) is 18.9. The number of hydrogen-bond donors (Lipinski definition) is 2. The molecule has 3 rings (SSSR count). The molecule has 1 aromatic heterocycles. The number of hydrogen-bond acceptors (Lipinski definition) is 8. The Morgan fingerprint density at radius 1 is 1.13 bits per heavy atom.